The molecule has 7 aliphatic rings. The summed E-state index contributed by atoms with van der Waals surface area (Å²) in [4.78, 5) is 29.7. The quantitative estimate of drug-likeness (QED) is 0.340. The van der Waals surface area contributed by atoms with E-state index in [1.54, 1.807) is 20.3 Å². The van der Waals surface area contributed by atoms with Crippen LogP contribution in [-0.2, 0) is 31.2 Å². The lowest BCUT2D eigenvalue weighted by molar-refractivity contribution is -0.233. The van der Waals surface area contributed by atoms with Gasteiger partial charge in [0.05, 0.1) is 35.3 Å². The molecule has 2 aromatic carbocycles. The van der Waals surface area contributed by atoms with E-state index in [9.17, 15) is 13.8 Å². The summed E-state index contributed by atoms with van der Waals surface area (Å²) in [5.41, 5.74) is 2.92. The predicted molar refractivity (Wildman–Crippen MR) is 198 cm³/mol. The molecule has 2 N–H and O–H groups in total. The van der Waals surface area contributed by atoms with Crippen LogP contribution < -0.4 is 19.7 Å². The number of carbonyl (C=O) groups excluding carboxylic acids is 2. The van der Waals surface area contributed by atoms with Gasteiger partial charge in [-0.3, -0.25) is 9.52 Å². The van der Waals surface area contributed by atoms with Crippen molar-refractivity contribution in [3.63, 3.8) is 0 Å². The van der Waals surface area contributed by atoms with Gasteiger partial charge in [-0.25, -0.2) is 9.00 Å². The normalized spacial score (nSPS) is 37.5. The fourth-order valence-corrected chi connectivity index (χ4v) is 11.8. The number of nitrogens with one attached hydrogen (secondary N) is 2. The molecule has 2 aliphatic heterocycles. The number of carbonyl (C=O) groups is 2. The zero-order valence-electron chi connectivity index (χ0n) is 29.8. The second-order valence-corrected chi connectivity index (χ2v) is 18.7. The van der Waals surface area contributed by atoms with Crippen LogP contribution in [0.3, 0.4) is 0 Å². The number of hydrogen-bond donors (Lipinski definition) is 2. The van der Waals surface area contributed by atoms with Crippen molar-refractivity contribution in [1.82, 2.24) is 10.0 Å². The van der Waals surface area contributed by atoms with E-state index < -0.39 is 21.9 Å². The summed E-state index contributed by atoms with van der Waals surface area (Å²) >= 11 is 6.46. The van der Waals surface area contributed by atoms with Crippen LogP contribution in [0.2, 0.25) is 5.02 Å². The molecule has 0 aromatic heterocycles. The van der Waals surface area contributed by atoms with Crippen molar-refractivity contribution in [3.05, 3.63) is 70.3 Å². The van der Waals surface area contributed by atoms with E-state index in [4.69, 9.17) is 25.8 Å². The molecule has 2 heterocycles. The zero-order valence-corrected chi connectivity index (χ0v) is 31.3. The largest absolute Gasteiger partial charge is 0.490 e. The minimum absolute atomic E-state index is 0.0291. The first-order valence-electron chi connectivity index (χ1n) is 18.4. The number of hydrogen-bond acceptors (Lipinski definition) is 7. The summed E-state index contributed by atoms with van der Waals surface area (Å²) in [7, 11) is -0.0302. The number of fused-ring (bicyclic) bond motifs is 4. The van der Waals surface area contributed by atoms with Gasteiger partial charge in [0.15, 0.2) is 0 Å². The molecule has 2 aromatic rings. The lowest BCUT2D eigenvalue weighted by atomic mass is 9.46. The van der Waals surface area contributed by atoms with E-state index >= 15 is 0 Å². The molecule has 12 heteroatoms. The first-order chi connectivity index (χ1) is 24.4. The Balaban J connectivity index is 1.15. The molecule has 1 spiro atoms. The lowest BCUT2D eigenvalue weighted by Crippen LogP contribution is -2.80. The third-order valence-electron chi connectivity index (χ3n) is 12.6. The third kappa shape index (κ3) is 6.46. The highest BCUT2D eigenvalue weighted by atomic mass is 35.5. The number of nitrogens with zero attached hydrogens (tertiary/aromatic N) is 2. The Morgan fingerprint density at radius 1 is 1.14 bits per heavy atom. The Kier molecular flexibility index (Phi) is 8.96. The number of aryl methyl sites for hydroxylation is 1. The topological polar surface area (TPSA) is 119 Å². The van der Waals surface area contributed by atoms with E-state index in [0.717, 1.165) is 75.2 Å². The molecule has 5 aliphatic carbocycles. The Morgan fingerprint density at radius 2 is 1.96 bits per heavy atom. The number of halogens is 1. The molecular weight excluding hydrogens is 688 g/mol. The summed E-state index contributed by atoms with van der Waals surface area (Å²) in [6.07, 6.45) is 12.1. The number of amides is 3. The van der Waals surface area contributed by atoms with Gasteiger partial charge in [-0.15, -0.1) is 4.36 Å². The zero-order chi connectivity index (χ0) is 35.6. The minimum atomic E-state index is -3.49. The number of ether oxygens (including phenoxy) is 3. The fraction of sp³-hybridized carbons (Fsp3) is 0.590. The smallest absolute Gasteiger partial charge is 0.327 e. The second kappa shape index (κ2) is 13.1. The van der Waals surface area contributed by atoms with Crippen molar-refractivity contribution < 1.29 is 28.0 Å². The maximum absolute atomic E-state index is 14.5. The Hall–Kier alpha value is -3.12. The third-order valence-corrected chi connectivity index (χ3v) is 14.8. The van der Waals surface area contributed by atoms with E-state index in [2.05, 4.69) is 43.6 Å². The predicted octanol–water partition coefficient (Wildman–Crippen LogP) is 6.59. The van der Waals surface area contributed by atoms with Gasteiger partial charge in [-0.05, 0) is 117 Å². The van der Waals surface area contributed by atoms with Crippen molar-refractivity contribution >= 4 is 39.1 Å². The van der Waals surface area contributed by atoms with Crippen molar-refractivity contribution in [2.24, 2.45) is 22.1 Å². The molecule has 6 atom stereocenters. The standard InChI is InChI=1S/C39H49ClN4O6S/c1-25-6-4-8-33(48-2)30-12-9-28(30)18-44-23-37(15-5-7-26-16-29(40)11-13-31(26)37)24-50-34-14-10-27(17-32(34)44)35(45)42-51(47,19-25)43-36(46)41-38-20-39(21-38,22-38)49-3/h4,8,10-11,13-14,16-17,25,28,30,33H,5-7,9,12,15,18-24H2,1-3H3,(H2,41,42,43,45,46,47)/b8-4+/t25-,28-,30+,33-,37-,38?,39?,51-/m0/s1. The van der Waals surface area contributed by atoms with E-state index in [1.165, 1.54) is 11.1 Å². The summed E-state index contributed by atoms with van der Waals surface area (Å²) in [5, 5.41) is 3.75. The van der Waals surface area contributed by atoms with Crippen LogP contribution in [0.4, 0.5) is 10.5 Å². The number of urea groups is 1. The number of allylic oxidation sites excluding steroid dienone is 1. The van der Waals surface area contributed by atoms with E-state index in [0.29, 0.717) is 36.2 Å². The van der Waals surface area contributed by atoms with Crippen LogP contribution in [0.1, 0.15) is 79.8 Å². The highest BCUT2D eigenvalue weighted by molar-refractivity contribution is 7.92. The van der Waals surface area contributed by atoms with Gasteiger partial charge in [0.2, 0.25) is 0 Å². The monoisotopic (exact) mass is 736 g/mol. The van der Waals surface area contributed by atoms with Crippen molar-refractivity contribution in [2.75, 3.05) is 44.6 Å². The van der Waals surface area contributed by atoms with Crippen LogP contribution in [0.15, 0.2) is 52.9 Å². The molecule has 4 bridgehead atoms. The molecule has 274 valence electrons. The van der Waals surface area contributed by atoms with Crippen LogP contribution in [-0.4, -0.2) is 73.1 Å². The van der Waals surface area contributed by atoms with Gasteiger partial charge in [0.25, 0.3) is 5.91 Å². The number of methoxy groups -OCH3 is 2. The Labute approximate surface area is 306 Å². The maximum atomic E-state index is 14.5. The SMILES string of the molecule is CO[C@H]1/C=C/C[C@H](C)C[S@@](=O)(NC(=O)NC23CC(OC)(C2)C3)=NC(=O)c2ccc3c(c2)N(C[C@@H]2CC[C@H]21)C[C@@]1(CCCc2cc(Cl)ccc21)CO3. The van der Waals surface area contributed by atoms with Gasteiger partial charge >= 0.3 is 6.03 Å². The number of benzene rings is 2. The van der Waals surface area contributed by atoms with Gasteiger partial charge in [0, 0.05) is 43.3 Å². The number of rotatable bonds is 4. The van der Waals surface area contributed by atoms with Gasteiger partial charge in [0.1, 0.15) is 15.7 Å². The minimum Gasteiger partial charge on any atom is -0.490 e. The molecule has 0 radical (unpaired) electrons. The first kappa shape index (κ1) is 34.9. The maximum Gasteiger partial charge on any atom is 0.327 e. The van der Waals surface area contributed by atoms with Gasteiger partial charge in [-0.1, -0.05) is 36.7 Å². The molecule has 0 unspecified atom stereocenters. The molecule has 9 rings (SSSR count). The Bertz CT molecular complexity index is 1870. The summed E-state index contributed by atoms with van der Waals surface area (Å²) in [6.45, 7) is 3.99. The summed E-state index contributed by atoms with van der Waals surface area (Å²) < 4.78 is 39.8. The van der Waals surface area contributed by atoms with Crippen LogP contribution in [0.5, 0.6) is 5.75 Å². The average molecular weight is 737 g/mol. The lowest BCUT2D eigenvalue weighted by Gasteiger charge is -2.69. The molecular formula is C39H49ClN4O6S. The van der Waals surface area contributed by atoms with Gasteiger partial charge < -0.3 is 24.4 Å². The first-order valence-corrected chi connectivity index (χ1v) is 20.5. The molecule has 3 amide bonds. The van der Waals surface area contributed by atoms with Gasteiger partial charge in [-0.2, -0.15) is 0 Å². The van der Waals surface area contributed by atoms with Crippen LogP contribution in [0.25, 0.3) is 0 Å². The molecule has 10 nitrogen and oxygen atoms in total. The number of anilines is 1. The van der Waals surface area contributed by atoms with E-state index in [1.807, 2.05) is 25.1 Å². The highest BCUT2D eigenvalue weighted by Gasteiger charge is 2.69. The second-order valence-electron chi connectivity index (χ2n) is 16.2. The fourth-order valence-electron chi connectivity index (χ4n) is 9.82. The van der Waals surface area contributed by atoms with Crippen molar-refractivity contribution in [2.45, 2.75) is 87.4 Å². The molecule has 51 heavy (non-hydrogen) atoms. The molecule has 0 saturated heterocycles. The highest BCUT2D eigenvalue weighted by Crippen LogP contribution is 2.62. The van der Waals surface area contributed by atoms with Crippen molar-refractivity contribution in [3.8, 4) is 5.75 Å². The van der Waals surface area contributed by atoms with Crippen LogP contribution in [0, 0.1) is 17.8 Å². The van der Waals surface area contributed by atoms with Crippen LogP contribution >= 0.6 is 11.6 Å². The molecule has 4 saturated carbocycles. The summed E-state index contributed by atoms with van der Waals surface area (Å²) in [6, 6.07) is 11.1. The molecule has 4 fully saturated rings. The Morgan fingerprint density at radius 3 is 2.71 bits per heavy atom. The summed E-state index contributed by atoms with van der Waals surface area (Å²) in [5.74, 6) is 0.732. The van der Waals surface area contributed by atoms with E-state index in [-0.39, 0.29) is 34.3 Å². The van der Waals surface area contributed by atoms with Crippen molar-refractivity contribution in [1.29, 1.82) is 0 Å². The average Bonchev–Trinajstić information content (AvgIpc) is 3.19.